The van der Waals surface area contributed by atoms with Crippen LogP contribution in [0.4, 0.5) is 0 Å². The summed E-state index contributed by atoms with van der Waals surface area (Å²) in [5.41, 5.74) is 0. The summed E-state index contributed by atoms with van der Waals surface area (Å²) < 4.78 is 2.67. The minimum absolute atomic E-state index is 0.0144. The second-order valence-corrected chi connectivity index (χ2v) is 1.79. The van der Waals surface area contributed by atoms with E-state index in [9.17, 15) is 0 Å². The first-order valence-electron chi connectivity index (χ1n) is 1.93. The van der Waals surface area contributed by atoms with Crippen molar-refractivity contribution in [1.29, 1.82) is 0 Å². The van der Waals surface area contributed by atoms with Gasteiger partial charge in [0.1, 0.15) is 0 Å². The molecule has 0 spiro atoms. The van der Waals surface area contributed by atoms with Gasteiger partial charge in [0.15, 0.2) is 0 Å². The first-order chi connectivity index (χ1) is 3.35. The molecule has 0 aliphatic rings. The van der Waals surface area contributed by atoms with E-state index >= 15 is 0 Å². The number of halogens is 1. The van der Waals surface area contributed by atoms with Gasteiger partial charge in [-0.15, -0.1) is 0 Å². The predicted molar refractivity (Wildman–Crippen MR) is 35.1 cm³/mol. The van der Waals surface area contributed by atoms with Crippen LogP contribution < -0.4 is 3.53 Å². The summed E-state index contributed by atoms with van der Waals surface area (Å²) in [6.45, 7) is -0.0289. The monoisotopic (exact) mass is 217 g/mol. The number of rotatable bonds is 3. The Morgan fingerprint density at radius 1 is 1.43 bits per heavy atom. The van der Waals surface area contributed by atoms with Crippen molar-refractivity contribution >= 4 is 22.9 Å². The molecule has 4 heteroatoms. The molecule has 0 aromatic rings. The van der Waals surface area contributed by atoms with Crippen LogP contribution in [0.25, 0.3) is 0 Å². The quantitative estimate of drug-likeness (QED) is 0.432. The third kappa shape index (κ3) is 3.22. The smallest absolute Gasteiger partial charge is 0.0625 e. The summed E-state index contributed by atoms with van der Waals surface area (Å²) in [6, 6.07) is -0.166. The van der Waals surface area contributed by atoms with Crippen molar-refractivity contribution in [2.24, 2.45) is 0 Å². The lowest BCUT2D eigenvalue weighted by Crippen LogP contribution is -2.28. The molecule has 0 radical (unpaired) electrons. The highest BCUT2D eigenvalue weighted by molar-refractivity contribution is 14.1. The number of aliphatic hydroxyl groups is 2. The average Bonchev–Trinajstić information content (AvgIpc) is 1.72. The summed E-state index contributed by atoms with van der Waals surface area (Å²) >= 11 is 1.88. The van der Waals surface area contributed by atoms with Gasteiger partial charge < -0.3 is 10.2 Å². The van der Waals surface area contributed by atoms with Gasteiger partial charge in [0.05, 0.1) is 19.3 Å². The third-order valence-corrected chi connectivity index (χ3v) is 1.48. The lowest BCUT2D eigenvalue weighted by Gasteiger charge is -2.04. The van der Waals surface area contributed by atoms with Crippen molar-refractivity contribution in [1.82, 2.24) is 3.53 Å². The van der Waals surface area contributed by atoms with Crippen LogP contribution >= 0.6 is 22.9 Å². The fourth-order valence-corrected chi connectivity index (χ4v) is 0.521. The average molecular weight is 217 g/mol. The SMILES string of the molecule is OCC(CO)NI. The molecule has 3 N–H and O–H groups in total. The molecule has 7 heavy (non-hydrogen) atoms. The van der Waals surface area contributed by atoms with Crippen molar-refractivity contribution in [3.63, 3.8) is 0 Å². The van der Waals surface area contributed by atoms with Crippen LogP contribution in [0.2, 0.25) is 0 Å². The molecular weight excluding hydrogens is 209 g/mol. The Balaban J connectivity index is 2.99. The number of nitrogens with one attached hydrogen (secondary N) is 1. The predicted octanol–water partition coefficient (Wildman–Crippen LogP) is -0.721. The maximum absolute atomic E-state index is 8.30. The molecule has 0 aliphatic carbocycles. The zero-order valence-corrected chi connectivity index (χ0v) is 5.92. The number of hydrogen-bond acceptors (Lipinski definition) is 3. The van der Waals surface area contributed by atoms with Crippen LogP contribution in [-0.2, 0) is 0 Å². The molecule has 0 unspecified atom stereocenters. The Hall–Kier alpha value is 0.610. The molecule has 0 aromatic carbocycles. The fraction of sp³-hybridized carbons (Fsp3) is 1.00. The first kappa shape index (κ1) is 7.61. The van der Waals surface area contributed by atoms with Gasteiger partial charge in [-0.1, -0.05) is 0 Å². The fourth-order valence-electron chi connectivity index (χ4n) is 0.127. The molecule has 44 valence electrons. The standard InChI is InChI=1S/C3H8INO2/c4-5-3(1-6)2-7/h3,5-7H,1-2H2. The number of hydrogen-bond donors (Lipinski definition) is 3. The van der Waals surface area contributed by atoms with Crippen molar-refractivity contribution in [3.05, 3.63) is 0 Å². The largest absolute Gasteiger partial charge is 0.395 e. The molecule has 0 bridgehead atoms. The van der Waals surface area contributed by atoms with E-state index in [1.807, 2.05) is 22.9 Å². The van der Waals surface area contributed by atoms with Crippen LogP contribution in [0.1, 0.15) is 0 Å². The molecule has 0 heterocycles. The second-order valence-electron chi connectivity index (χ2n) is 1.17. The molecule has 0 atom stereocenters. The molecule has 0 amide bonds. The highest BCUT2D eigenvalue weighted by atomic mass is 127. The van der Waals surface area contributed by atoms with Gasteiger partial charge in [0.2, 0.25) is 0 Å². The van der Waals surface area contributed by atoms with E-state index in [0.717, 1.165) is 0 Å². The minimum atomic E-state index is -0.166. The van der Waals surface area contributed by atoms with Gasteiger partial charge in [0, 0.05) is 22.9 Å². The van der Waals surface area contributed by atoms with E-state index in [0.29, 0.717) is 0 Å². The lowest BCUT2D eigenvalue weighted by atomic mass is 10.4. The maximum Gasteiger partial charge on any atom is 0.0625 e. The maximum atomic E-state index is 8.30. The van der Waals surface area contributed by atoms with E-state index < -0.39 is 0 Å². The van der Waals surface area contributed by atoms with Crippen LogP contribution in [0.15, 0.2) is 0 Å². The molecule has 0 fully saturated rings. The molecule has 0 aliphatic heterocycles. The summed E-state index contributed by atoms with van der Waals surface area (Å²) in [5.74, 6) is 0. The van der Waals surface area contributed by atoms with Crippen molar-refractivity contribution in [2.45, 2.75) is 6.04 Å². The molecule has 0 rings (SSSR count). The van der Waals surface area contributed by atoms with Gasteiger partial charge in [-0.2, -0.15) is 0 Å². The zero-order chi connectivity index (χ0) is 5.70. The van der Waals surface area contributed by atoms with Gasteiger partial charge in [-0.25, -0.2) is 0 Å². The second kappa shape index (κ2) is 4.76. The summed E-state index contributed by atoms with van der Waals surface area (Å²) in [5, 5.41) is 16.6. The third-order valence-electron chi connectivity index (χ3n) is 0.595. The number of aliphatic hydroxyl groups excluding tert-OH is 2. The molecular formula is C3H8INO2. The van der Waals surface area contributed by atoms with Crippen molar-refractivity contribution < 1.29 is 10.2 Å². The Morgan fingerprint density at radius 2 is 1.86 bits per heavy atom. The van der Waals surface area contributed by atoms with Crippen LogP contribution in [-0.4, -0.2) is 29.5 Å². The van der Waals surface area contributed by atoms with Gasteiger partial charge >= 0.3 is 0 Å². The minimum Gasteiger partial charge on any atom is -0.395 e. The Bertz CT molecular complexity index is 34.4. The van der Waals surface area contributed by atoms with E-state index in [4.69, 9.17) is 10.2 Å². The normalized spacial score (nSPS) is 10.3. The Morgan fingerprint density at radius 3 is 1.86 bits per heavy atom. The zero-order valence-electron chi connectivity index (χ0n) is 3.76. The van der Waals surface area contributed by atoms with Crippen LogP contribution in [0.5, 0.6) is 0 Å². The summed E-state index contributed by atoms with van der Waals surface area (Å²) in [7, 11) is 0. The molecule has 3 nitrogen and oxygen atoms in total. The van der Waals surface area contributed by atoms with E-state index in [1.54, 1.807) is 0 Å². The summed E-state index contributed by atoms with van der Waals surface area (Å²) in [6.07, 6.45) is 0. The van der Waals surface area contributed by atoms with Gasteiger partial charge in [-0.3, -0.25) is 3.53 Å². The molecule has 0 saturated carbocycles. The molecule has 0 aromatic heterocycles. The summed E-state index contributed by atoms with van der Waals surface area (Å²) in [4.78, 5) is 0. The Kier molecular flexibility index (Phi) is 5.18. The Labute approximate surface area is 56.2 Å². The highest BCUT2D eigenvalue weighted by Crippen LogP contribution is 1.81. The topological polar surface area (TPSA) is 52.5 Å². The van der Waals surface area contributed by atoms with Crippen LogP contribution in [0, 0.1) is 0 Å². The van der Waals surface area contributed by atoms with Crippen molar-refractivity contribution in [2.75, 3.05) is 13.2 Å². The van der Waals surface area contributed by atoms with Crippen molar-refractivity contribution in [3.8, 4) is 0 Å². The van der Waals surface area contributed by atoms with Gasteiger partial charge in [0.25, 0.3) is 0 Å². The lowest BCUT2D eigenvalue weighted by molar-refractivity contribution is 0.189. The van der Waals surface area contributed by atoms with Gasteiger partial charge in [-0.05, 0) is 0 Å². The van der Waals surface area contributed by atoms with Crippen LogP contribution in [0.3, 0.4) is 0 Å². The first-order valence-corrected chi connectivity index (χ1v) is 3.01. The molecule has 0 saturated heterocycles. The highest BCUT2D eigenvalue weighted by Gasteiger charge is 1.98. The van der Waals surface area contributed by atoms with E-state index in [1.165, 1.54) is 0 Å². The van der Waals surface area contributed by atoms with E-state index in [2.05, 4.69) is 3.53 Å². The van der Waals surface area contributed by atoms with E-state index in [-0.39, 0.29) is 19.3 Å².